The number of ether oxygens (including phenoxy) is 1. The molecule has 8 heteroatoms. The van der Waals surface area contributed by atoms with E-state index >= 15 is 0 Å². The van der Waals surface area contributed by atoms with Gasteiger partial charge < -0.3 is 25.4 Å². The van der Waals surface area contributed by atoms with Gasteiger partial charge in [0.15, 0.2) is 5.96 Å². The third kappa shape index (κ3) is 6.67. The Labute approximate surface area is 197 Å². The molecule has 1 aliphatic rings. The molecule has 158 valence electrons. The van der Waals surface area contributed by atoms with E-state index < -0.39 is 0 Å². The van der Waals surface area contributed by atoms with Gasteiger partial charge >= 0.3 is 0 Å². The van der Waals surface area contributed by atoms with Crippen LogP contribution in [0.4, 0.5) is 5.69 Å². The number of phenolic OH excluding ortho intramolecular Hbond substituents is 1. The van der Waals surface area contributed by atoms with E-state index in [2.05, 4.69) is 60.7 Å². The fraction of sp³-hybridized carbons (Fsp3) is 0.381. The molecule has 0 saturated carbocycles. The Hall–Kier alpha value is -1.68. The molecule has 6 nitrogen and oxygen atoms in total. The first-order valence-electron chi connectivity index (χ1n) is 9.42. The monoisotopic (exact) mass is 574 g/mol. The van der Waals surface area contributed by atoms with Crippen molar-refractivity contribution in [1.29, 1.82) is 0 Å². The van der Waals surface area contributed by atoms with Crippen molar-refractivity contribution in [3.05, 3.63) is 52.5 Å². The predicted octanol–water partition coefficient (Wildman–Crippen LogP) is 3.77. The number of nitrogens with zero attached hydrogens (tertiary/aromatic N) is 2. The summed E-state index contributed by atoms with van der Waals surface area (Å²) >= 11 is 3.48. The Balaban J connectivity index is 0.00000300. The lowest BCUT2D eigenvalue weighted by atomic mass is 10.1. The molecule has 1 aliphatic heterocycles. The van der Waals surface area contributed by atoms with E-state index in [-0.39, 0.29) is 29.7 Å². The molecular formula is C21H28BrIN4O2. The van der Waals surface area contributed by atoms with E-state index in [4.69, 9.17) is 4.74 Å². The minimum Gasteiger partial charge on any atom is -0.508 e. The predicted molar refractivity (Wildman–Crippen MR) is 133 cm³/mol. The average molecular weight is 575 g/mol. The van der Waals surface area contributed by atoms with Crippen LogP contribution in [0.5, 0.6) is 11.5 Å². The number of rotatable bonds is 6. The second kappa shape index (κ2) is 11.5. The van der Waals surface area contributed by atoms with Crippen molar-refractivity contribution in [2.24, 2.45) is 4.99 Å². The first-order valence-corrected chi connectivity index (χ1v) is 10.2. The maximum Gasteiger partial charge on any atom is 0.191 e. The van der Waals surface area contributed by atoms with E-state index in [1.807, 2.05) is 12.1 Å². The summed E-state index contributed by atoms with van der Waals surface area (Å²) in [6.45, 7) is 2.65. The SMILES string of the molecule is CN=C(NCCc1ccc(OC)cc1O)NC1CCN(c2ccc(Br)cc2)C1.I. The van der Waals surface area contributed by atoms with Gasteiger partial charge in [0.25, 0.3) is 0 Å². The van der Waals surface area contributed by atoms with Gasteiger partial charge in [0, 0.05) is 49.0 Å². The van der Waals surface area contributed by atoms with Gasteiger partial charge in [-0.1, -0.05) is 22.0 Å². The number of halogens is 2. The number of benzene rings is 2. The third-order valence-electron chi connectivity index (χ3n) is 4.92. The molecule has 1 saturated heterocycles. The highest BCUT2D eigenvalue weighted by Crippen LogP contribution is 2.24. The molecule has 1 heterocycles. The number of anilines is 1. The molecule has 0 aliphatic carbocycles. The molecule has 0 amide bonds. The fourth-order valence-electron chi connectivity index (χ4n) is 3.35. The summed E-state index contributed by atoms with van der Waals surface area (Å²) in [5.41, 5.74) is 2.12. The van der Waals surface area contributed by atoms with Crippen LogP contribution in [0, 0.1) is 0 Å². The number of aliphatic imine (C=N–C) groups is 1. The zero-order valence-corrected chi connectivity index (χ0v) is 20.6. The Morgan fingerprint density at radius 2 is 2.03 bits per heavy atom. The minimum atomic E-state index is 0. The van der Waals surface area contributed by atoms with Crippen LogP contribution in [0.3, 0.4) is 0 Å². The van der Waals surface area contributed by atoms with Crippen LogP contribution in [-0.2, 0) is 6.42 Å². The van der Waals surface area contributed by atoms with Crippen molar-refractivity contribution in [3.8, 4) is 11.5 Å². The van der Waals surface area contributed by atoms with Crippen LogP contribution in [0.15, 0.2) is 51.9 Å². The number of guanidine groups is 1. The van der Waals surface area contributed by atoms with E-state index in [1.54, 1.807) is 20.2 Å². The highest BCUT2D eigenvalue weighted by Gasteiger charge is 2.23. The lowest BCUT2D eigenvalue weighted by molar-refractivity contribution is 0.406. The molecule has 29 heavy (non-hydrogen) atoms. The van der Waals surface area contributed by atoms with E-state index in [0.717, 1.165) is 35.5 Å². The number of hydrogen-bond acceptors (Lipinski definition) is 4. The molecule has 1 unspecified atom stereocenters. The number of methoxy groups -OCH3 is 1. The van der Waals surface area contributed by atoms with Gasteiger partial charge in [-0.15, -0.1) is 24.0 Å². The van der Waals surface area contributed by atoms with E-state index in [9.17, 15) is 5.11 Å². The first kappa shape index (κ1) is 23.6. The molecule has 0 radical (unpaired) electrons. The molecule has 3 N–H and O–H groups in total. The summed E-state index contributed by atoms with van der Waals surface area (Å²) in [7, 11) is 3.37. The summed E-state index contributed by atoms with van der Waals surface area (Å²) in [5.74, 6) is 1.70. The number of phenols is 1. The molecule has 0 bridgehead atoms. The quantitative estimate of drug-likeness (QED) is 0.278. The van der Waals surface area contributed by atoms with Crippen molar-refractivity contribution < 1.29 is 9.84 Å². The standard InChI is InChI=1S/C21H27BrN4O2.HI/c1-23-21(24-11-9-15-3-8-19(28-2)13-20(15)27)25-17-10-12-26(14-17)18-6-4-16(22)5-7-18;/h3-8,13,17,27H,9-12,14H2,1-2H3,(H2,23,24,25);1H. The topological polar surface area (TPSA) is 69.1 Å². The van der Waals surface area contributed by atoms with Crippen LogP contribution in [0.2, 0.25) is 0 Å². The molecular weight excluding hydrogens is 547 g/mol. The molecule has 0 aromatic heterocycles. The number of hydrogen-bond donors (Lipinski definition) is 3. The molecule has 0 spiro atoms. The summed E-state index contributed by atoms with van der Waals surface area (Å²) in [6, 6.07) is 14.2. The minimum absolute atomic E-state index is 0. The van der Waals surface area contributed by atoms with Gasteiger partial charge in [0.2, 0.25) is 0 Å². The smallest absolute Gasteiger partial charge is 0.191 e. The van der Waals surface area contributed by atoms with Gasteiger partial charge in [0.05, 0.1) is 7.11 Å². The van der Waals surface area contributed by atoms with E-state index in [0.29, 0.717) is 24.8 Å². The van der Waals surface area contributed by atoms with Crippen LogP contribution in [0.25, 0.3) is 0 Å². The maximum atomic E-state index is 10.1. The van der Waals surface area contributed by atoms with Crippen LogP contribution in [-0.4, -0.2) is 50.9 Å². The number of nitrogens with one attached hydrogen (secondary N) is 2. The summed E-state index contributed by atoms with van der Waals surface area (Å²) in [5, 5.41) is 16.9. The van der Waals surface area contributed by atoms with Gasteiger partial charge in [-0.25, -0.2) is 0 Å². The van der Waals surface area contributed by atoms with Crippen molar-refractivity contribution in [3.63, 3.8) is 0 Å². The summed E-state index contributed by atoms with van der Waals surface area (Å²) in [4.78, 5) is 6.71. The van der Waals surface area contributed by atoms with Gasteiger partial charge in [0.1, 0.15) is 11.5 Å². The third-order valence-corrected chi connectivity index (χ3v) is 5.45. The second-order valence-corrected chi connectivity index (χ2v) is 7.71. The van der Waals surface area contributed by atoms with Crippen LogP contribution < -0.4 is 20.3 Å². The fourth-order valence-corrected chi connectivity index (χ4v) is 3.61. The zero-order valence-electron chi connectivity index (χ0n) is 16.7. The van der Waals surface area contributed by atoms with E-state index in [1.165, 1.54) is 5.69 Å². The second-order valence-electron chi connectivity index (χ2n) is 6.80. The average Bonchev–Trinajstić information content (AvgIpc) is 3.17. The van der Waals surface area contributed by atoms with Crippen LogP contribution >= 0.6 is 39.9 Å². The highest BCUT2D eigenvalue weighted by molar-refractivity contribution is 14.0. The first-order chi connectivity index (χ1) is 13.6. The lowest BCUT2D eigenvalue weighted by Crippen LogP contribution is -2.45. The molecule has 3 rings (SSSR count). The molecule has 2 aromatic carbocycles. The largest absolute Gasteiger partial charge is 0.508 e. The Kier molecular flexibility index (Phi) is 9.35. The molecule has 2 aromatic rings. The van der Waals surface area contributed by atoms with Gasteiger partial charge in [-0.2, -0.15) is 0 Å². The van der Waals surface area contributed by atoms with Crippen LogP contribution in [0.1, 0.15) is 12.0 Å². The van der Waals surface area contributed by atoms with Gasteiger partial charge in [-0.3, -0.25) is 4.99 Å². The summed E-state index contributed by atoms with van der Waals surface area (Å²) in [6.07, 6.45) is 1.77. The molecule has 1 atom stereocenters. The van der Waals surface area contributed by atoms with Crippen molar-refractivity contribution in [2.45, 2.75) is 18.9 Å². The lowest BCUT2D eigenvalue weighted by Gasteiger charge is -2.20. The van der Waals surface area contributed by atoms with Gasteiger partial charge in [-0.05, 0) is 48.7 Å². The Bertz CT molecular complexity index is 817. The zero-order chi connectivity index (χ0) is 19.9. The summed E-state index contributed by atoms with van der Waals surface area (Å²) < 4.78 is 6.21. The van der Waals surface area contributed by atoms with Crippen molar-refractivity contribution in [1.82, 2.24) is 10.6 Å². The van der Waals surface area contributed by atoms with Crippen molar-refractivity contribution >= 4 is 51.6 Å². The highest BCUT2D eigenvalue weighted by atomic mass is 127. The normalized spacial score (nSPS) is 16.3. The van der Waals surface area contributed by atoms with Crippen molar-refractivity contribution in [2.75, 3.05) is 38.7 Å². The Morgan fingerprint density at radius 3 is 2.69 bits per heavy atom. The Morgan fingerprint density at radius 1 is 1.28 bits per heavy atom. The maximum absolute atomic E-state index is 10.1. The molecule has 1 fully saturated rings. The number of aromatic hydroxyl groups is 1.